The molecule has 0 saturated heterocycles. The number of carbonyl (C=O) groups is 1. The second-order valence-electron chi connectivity index (χ2n) is 4.99. The van der Waals surface area contributed by atoms with Crippen LogP contribution in [-0.2, 0) is 20.8 Å². The quantitative estimate of drug-likeness (QED) is 0.861. The van der Waals surface area contributed by atoms with Crippen molar-refractivity contribution < 1.29 is 19.0 Å². The van der Waals surface area contributed by atoms with Gasteiger partial charge in [-0.25, -0.2) is 0 Å². The summed E-state index contributed by atoms with van der Waals surface area (Å²) in [5.74, 6) is 0.507. The van der Waals surface area contributed by atoms with E-state index in [1.165, 1.54) is 17.6 Å². The highest BCUT2D eigenvalue weighted by molar-refractivity contribution is 7.16. The van der Waals surface area contributed by atoms with Gasteiger partial charge >= 0.3 is 5.91 Å². The normalized spacial score (nSPS) is 15.0. The number of thiazole rings is 1. The summed E-state index contributed by atoms with van der Waals surface area (Å²) in [6.45, 7) is 3.68. The van der Waals surface area contributed by atoms with Crippen LogP contribution >= 0.6 is 11.3 Å². The maximum atomic E-state index is 12.3. The fourth-order valence-electron chi connectivity index (χ4n) is 2.32. The Morgan fingerprint density at radius 3 is 3.00 bits per heavy atom. The molecule has 0 saturated carbocycles. The Morgan fingerprint density at radius 2 is 2.30 bits per heavy atom. The van der Waals surface area contributed by atoms with Gasteiger partial charge in [0.1, 0.15) is 25.2 Å². The standard InChI is InChI=1S/C16H18N2O4S/c1-3-6-18-12-9-11(20-2)4-5-14(12)23-16(18)17-15(19)13-10-21-7-8-22-13/h4-5,9-10H,3,6-8H2,1-2H3. The number of carbonyl (C=O) groups excluding carboxylic acids is 1. The van der Waals surface area contributed by atoms with E-state index in [0.717, 1.165) is 28.9 Å². The minimum Gasteiger partial charge on any atom is -0.497 e. The smallest absolute Gasteiger partial charge is 0.317 e. The molecule has 0 aliphatic carbocycles. The van der Waals surface area contributed by atoms with Crippen LogP contribution in [0.25, 0.3) is 10.2 Å². The number of aryl methyl sites for hydroxylation is 1. The summed E-state index contributed by atoms with van der Waals surface area (Å²) in [5, 5.41) is 0. The second kappa shape index (κ2) is 6.87. The van der Waals surface area contributed by atoms with Crippen LogP contribution in [0, 0.1) is 0 Å². The van der Waals surface area contributed by atoms with Crippen molar-refractivity contribution in [2.45, 2.75) is 19.9 Å². The first-order chi connectivity index (χ1) is 11.2. The maximum Gasteiger partial charge on any atom is 0.317 e. The van der Waals surface area contributed by atoms with E-state index in [1.54, 1.807) is 7.11 Å². The van der Waals surface area contributed by atoms with Crippen LogP contribution in [0.5, 0.6) is 5.75 Å². The topological polar surface area (TPSA) is 62.1 Å². The first-order valence-corrected chi connectivity index (χ1v) is 8.25. The largest absolute Gasteiger partial charge is 0.497 e. The maximum absolute atomic E-state index is 12.3. The van der Waals surface area contributed by atoms with E-state index in [9.17, 15) is 4.79 Å². The van der Waals surface area contributed by atoms with E-state index in [4.69, 9.17) is 14.2 Å². The molecule has 0 atom stereocenters. The van der Waals surface area contributed by atoms with Crippen molar-refractivity contribution in [3.63, 3.8) is 0 Å². The number of benzene rings is 1. The summed E-state index contributed by atoms with van der Waals surface area (Å²) in [4.78, 5) is 17.1. The van der Waals surface area contributed by atoms with E-state index in [2.05, 4.69) is 11.9 Å². The number of amides is 1. The third-order valence-corrected chi connectivity index (χ3v) is 4.45. The highest BCUT2D eigenvalue weighted by Crippen LogP contribution is 2.23. The van der Waals surface area contributed by atoms with Crippen LogP contribution in [0.4, 0.5) is 0 Å². The van der Waals surface area contributed by atoms with Gasteiger partial charge in [-0.1, -0.05) is 18.3 Å². The van der Waals surface area contributed by atoms with Gasteiger partial charge in [0.05, 0.1) is 17.3 Å². The number of hydrogen-bond donors (Lipinski definition) is 0. The van der Waals surface area contributed by atoms with Gasteiger partial charge in [0.2, 0.25) is 5.76 Å². The third-order valence-electron chi connectivity index (χ3n) is 3.39. The molecule has 0 bridgehead atoms. The molecule has 1 aromatic heterocycles. The lowest BCUT2D eigenvalue weighted by atomic mass is 10.3. The monoisotopic (exact) mass is 334 g/mol. The molecule has 0 radical (unpaired) electrons. The molecule has 2 aromatic rings. The zero-order valence-electron chi connectivity index (χ0n) is 13.1. The molecule has 1 aliphatic heterocycles. The van der Waals surface area contributed by atoms with Gasteiger partial charge < -0.3 is 18.8 Å². The van der Waals surface area contributed by atoms with Gasteiger partial charge in [-0.2, -0.15) is 4.99 Å². The lowest BCUT2D eigenvalue weighted by Crippen LogP contribution is -2.20. The molecular weight excluding hydrogens is 316 g/mol. The number of fused-ring (bicyclic) bond motifs is 1. The molecule has 0 fully saturated rings. The SMILES string of the molecule is CCCn1c(=NC(=O)C2=COCCO2)sc2ccc(OC)cc21. The molecular formula is C16H18N2O4S. The van der Waals surface area contributed by atoms with E-state index in [0.29, 0.717) is 18.0 Å². The van der Waals surface area contributed by atoms with Crippen molar-refractivity contribution in [1.29, 1.82) is 0 Å². The Morgan fingerprint density at radius 1 is 1.43 bits per heavy atom. The van der Waals surface area contributed by atoms with Gasteiger partial charge in [0.15, 0.2) is 4.80 Å². The minimum absolute atomic E-state index is 0.148. The van der Waals surface area contributed by atoms with Crippen LogP contribution < -0.4 is 9.54 Å². The molecule has 1 amide bonds. The van der Waals surface area contributed by atoms with Crippen molar-refractivity contribution in [2.24, 2.45) is 4.99 Å². The van der Waals surface area contributed by atoms with Gasteiger partial charge in [-0.05, 0) is 18.6 Å². The summed E-state index contributed by atoms with van der Waals surface area (Å²) in [6.07, 6.45) is 2.27. The van der Waals surface area contributed by atoms with Crippen LogP contribution in [0.1, 0.15) is 13.3 Å². The average molecular weight is 334 g/mol. The number of hydrogen-bond acceptors (Lipinski definition) is 5. The van der Waals surface area contributed by atoms with Gasteiger partial charge in [0, 0.05) is 12.6 Å². The second-order valence-corrected chi connectivity index (χ2v) is 6.00. The summed E-state index contributed by atoms with van der Waals surface area (Å²) < 4.78 is 18.8. The lowest BCUT2D eigenvalue weighted by Gasteiger charge is -2.12. The molecule has 0 unspecified atom stereocenters. The number of nitrogens with zero attached hydrogens (tertiary/aromatic N) is 2. The van der Waals surface area contributed by atoms with E-state index in [-0.39, 0.29) is 5.76 Å². The first-order valence-electron chi connectivity index (χ1n) is 7.44. The Kier molecular flexibility index (Phi) is 4.66. The van der Waals surface area contributed by atoms with E-state index >= 15 is 0 Å². The predicted octanol–water partition coefficient (Wildman–Crippen LogP) is 2.44. The molecule has 7 heteroatoms. The average Bonchev–Trinajstić information content (AvgIpc) is 2.92. The summed E-state index contributed by atoms with van der Waals surface area (Å²) in [5.41, 5.74) is 1.01. The molecule has 23 heavy (non-hydrogen) atoms. The van der Waals surface area contributed by atoms with Crippen molar-refractivity contribution >= 4 is 27.5 Å². The van der Waals surface area contributed by atoms with Gasteiger partial charge in [-0.3, -0.25) is 4.79 Å². The fourth-order valence-corrected chi connectivity index (χ4v) is 3.36. The fraction of sp³-hybridized carbons (Fsp3) is 0.375. The summed E-state index contributed by atoms with van der Waals surface area (Å²) >= 11 is 1.47. The third kappa shape index (κ3) is 3.24. The number of methoxy groups -OCH3 is 1. The molecule has 0 N–H and O–H groups in total. The van der Waals surface area contributed by atoms with Crippen molar-refractivity contribution in [2.75, 3.05) is 20.3 Å². The molecule has 1 aliphatic rings. The van der Waals surface area contributed by atoms with Crippen LogP contribution in [0.2, 0.25) is 0 Å². The number of aromatic nitrogens is 1. The van der Waals surface area contributed by atoms with E-state index in [1.807, 2.05) is 22.8 Å². The molecule has 3 rings (SSSR count). The van der Waals surface area contributed by atoms with Crippen LogP contribution in [0.15, 0.2) is 35.2 Å². The van der Waals surface area contributed by atoms with Crippen molar-refractivity contribution in [3.05, 3.63) is 35.0 Å². The number of rotatable bonds is 4. The van der Waals surface area contributed by atoms with Crippen LogP contribution in [0.3, 0.4) is 0 Å². The highest BCUT2D eigenvalue weighted by atomic mass is 32.1. The minimum atomic E-state index is -0.423. The highest BCUT2D eigenvalue weighted by Gasteiger charge is 2.15. The van der Waals surface area contributed by atoms with Crippen molar-refractivity contribution in [1.82, 2.24) is 4.57 Å². The summed E-state index contributed by atoms with van der Waals surface area (Å²) in [7, 11) is 1.64. The Hall–Kier alpha value is -2.28. The molecule has 6 nitrogen and oxygen atoms in total. The van der Waals surface area contributed by atoms with Crippen LogP contribution in [-0.4, -0.2) is 30.8 Å². The lowest BCUT2D eigenvalue weighted by molar-refractivity contribution is -0.119. The Labute approximate surface area is 137 Å². The molecule has 1 aromatic carbocycles. The van der Waals surface area contributed by atoms with E-state index < -0.39 is 5.91 Å². The summed E-state index contributed by atoms with van der Waals surface area (Å²) in [6, 6.07) is 5.85. The zero-order chi connectivity index (χ0) is 16.2. The zero-order valence-corrected chi connectivity index (χ0v) is 13.9. The van der Waals surface area contributed by atoms with Gasteiger partial charge in [0.25, 0.3) is 0 Å². The predicted molar refractivity (Wildman–Crippen MR) is 87.2 cm³/mol. The van der Waals surface area contributed by atoms with Gasteiger partial charge in [-0.15, -0.1) is 0 Å². The van der Waals surface area contributed by atoms with Crippen molar-refractivity contribution in [3.8, 4) is 5.75 Å². The molecule has 0 spiro atoms. The number of ether oxygens (including phenoxy) is 3. The Balaban J connectivity index is 2.08. The molecule has 2 heterocycles. The first kappa shape index (κ1) is 15.6. The Bertz CT molecular complexity index is 819. The molecule has 122 valence electrons.